The van der Waals surface area contributed by atoms with Gasteiger partial charge in [-0.1, -0.05) is 34.1 Å². The van der Waals surface area contributed by atoms with E-state index in [4.69, 9.17) is 0 Å². The molecule has 0 radical (unpaired) electrons. The quantitative estimate of drug-likeness (QED) is 0.872. The van der Waals surface area contributed by atoms with Gasteiger partial charge in [0.05, 0.1) is 0 Å². The second kappa shape index (κ2) is 4.62. The fourth-order valence-corrected chi connectivity index (χ4v) is 2.49. The molecule has 1 heterocycles. The van der Waals surface area contributed by atoms with E-state index in [2.05, 4.69) is 21.2 Å². The summed E-state index contributed by atoms with van der Waals surface area (Å²) in [4.78, 5) is 0. The molecule has 1 nitrogen and oxygen atoms in total. The van der Waals surface area contributed by atoms with Crippen molar-refractivity contribution in [1.82, 2.24) is 5.32 Å². The van der Waals surface area contributed by atoms with Crippen molar-refractivity contribution in [2.75, 3.05) is 13.1 Å². The molecule has 1 atom stereocenters. The van der Waals surface area contributed by atoms with Crippen LogP contribution in [0.1, 0.15) is 18.4 Å². The van der Waals surface area contributed by atoms with Gasteiger partial charge in [0.1, 0.15) is 5.67 Å². The van der Waals surface area contributed by atoms with Crippen molar-refractivity contribution in [3.05, 3.63) is 34.3 Å². The third-order valence-corrected chi connectivity index (χ3v) is 3.66. The zero-order valence-corrected chi connectivity index (χ0v) is 10.2. The lowest BCUT2D eigenvalue weighted by Crippen LogP contribution is -2.43. The summed E-state index contributed by atoms with van der Waals surface area (Å²) in [5.41, 5.74) is -0.00836. The highest BCUT2D eigenvalue weighted by Gasteiger charge is 2.32. The van der Waals surface area contributed by atoms with Crippen molar-refractivity contribution in [2.45, 2.75) is 24.9 Å². The van der Waals surface area contributed by atoms with E-state index in [0.717, 1.165) is 23.0 Å². The van der Waals surface area contributed by atoms with Gasteiger partial charge < -0.3 is 5.32 Å². The maximum absolute atomic E-state index is 14.4. The minimum absolute atomic E-state index is 0.480. The van der Waals surface area contributed by atoms with Gasteiger partial charge in [0.25, 0.3) is 0 Å². The molecule has 0 saturated carbocycles. The minimum Gasteiger partial charge on any atom is -0.314 e. The largest absolute Gasteiger partial charge is 0.314 e. The molecular formula is C12H15BrFN. The number of hydrogen-bond acceptors (Lipinski definition) is 1. The van der Waals surface area contributed by atoms with E-state index in [1.54, 1.807) is 0 Å². The van der Waals surface area contributed by atoms with E-state index in [-0.39, 0.29) is 0 Å². The van der Waals surface area contributed by atoms with Crippen molar-refractivity contribution in [1.29, 1.82) is 0 Å². The fraction of sp³-hybridized carbons (Fsp3) is 0.500. The molecule has 0 spiro atoms. The predicted octanol–water partition coefficient (Wildman–Crippen LogP) is 3.08. The predicted molar refractivity (Wildman–Crippen MR) is 63.8 cm³/mol. The first kappa shape index (κ1) is 11.1. The zero-order valence-electron chi connectivity index (χ0n) is 8.60. The lowest BCUT2D eigenvalue weighted by Gasteiger charge is -2.30. The summed E-state index contributed by atoms with van der Waals surface area (Å²) in [6.07, 6.45) is 2.10. The van der Waals surface area contributed by atoms with Crippen molar-refractivity contribution in [3.63, 3.8) is 0 Å². The maximum Gasteiger partial charge on any atom is 0.127 e. The van der Waals surface area contributed by atoms with Crippen molar-refractivity contribution < 1.29 is 4.39 Å². The van der Waals surface area contributed by atoms with Crippen LogP contribution in [0.3, 0.4) is 0 Å². The normalized spacial score (nSPS) is 26.5. The molecule has 0 amide bonds. The molecule has 0 aliphatic carbocycles. The fourth-order valence-electron chi connectivity index (χ4n) is 2.06. The molecule has 1 aromatic rings. The Balaban J connectivity index is 2.10. The standard InChI is InChI=1S/C12H15BrFN/c13-11-5-2-1-4-10(11)8-12(14)6-3-7-15-9-12/h1-2,4-5,15H,3,6-9H2. The smallest absolute Gasteiger partial charge is 0.127 e. The highest BCUT2D eigenvalue weighted by Crippen LogP contribution is 2.28. The first-order valence-corrected chi connectivity index (χ1v) is 6.12. The second-order valence-corrected chi connectivity index (χ2v) is 5.05. The van der Waals surface area contributed by atoms with Gasteiger partial charge in [-0.25, -0.2) is 4.39 Å². The molecule has 2 rings (SSSR count). The summed E-state index contributed by atoms with van der Waals surface area (Å²) >= 11 is 3.46. The van der Waals surface area contributed by atoms with Gasteiger partial charge in [0.15, 0.2) is 0 Å². The van der Waals surface area contributed by atoms with Crippen LogP contribution in [0.5, 0.6) is 0 Å². The minimum atomic E-state index is -1.07. The highest BCUT2D eigenvalue weighted by atomic mass is 79.9. The van der Waals surface area contributed by atoms with Crippen LogP contribution in [0.25, 0.3) is 0 Å². The monoisotopic (exact) mass is 271 g/mol. The Hall–Kier alpha value is -0.410. The Morgan fingerprint density at radius 3 is 2.87 bits per heavy atom. The molecular weight excluding hydrogens is 257 g/mol. The second-order valence-electron chi connectivity index (χ2n) is 4.20. The molecule has 1 unspecified atom stereocenters. The molecule has 0 bridgehead atoms. The van der Waals surface area contributed by atoms with Crippen LogP contribution in [0.2, 0.25) is 0 Å². The van der Waals surface area contributed by atoms with Crippen LogP contribution in [0.15, 0.2) is 28.7 Å². The molecule has 1 aliphatic rings. The molecule has 0 aromatic heterocycles. The van der Waals surface area contributed by atoms with Gasteiger partial charge in [0, 0.05) is 17.4 Å². The Labute approximate surface area is 98.2 Å². The van der Waals surface area contributed by atoms with Gasteiger partial charge in [-0.05, 0) is 31.0 Å². The van der Waals surface area contributed by atoms with Crippen LogP contribution in [-0.4, -0.2) is 18.8 Å². The number of hydrogen-bond donors (Lipinski definition) is 1. The summed E-state index contributed by atoms with van der Waals surface area (Å²) in [6, 6.07) is 7.87. The Bertz CT molecular complexity index is 334. The van der Waals surface area contributed by atoms with E-state index in [1.807, 2.05) is 24.3 Å². The molecule has 1 saturated heterocycles. The molecule has 1 aliphatic heterocycles. The Kier molecular flexibility index (Phi) is 3.42. The third kappa shape index (κ3) is 2.79. The summed E-state index contributed by atoms with van der Waals surface area (Å²) in [7, 11) is 0. The molecule has 15 heavy (non-hydrogen) atoms. The maximum atomic E-state index is 14.4. The van der Waals surface area contributed by atoms with E-state index in [0.29, 0.717) is 19.4 Å². The zero-order chi connectivity index (χ0) is 10.7. The van der Waals surface area contributed by atoms with Crippen molar-refractivity contribution in [2.24, 2.45) is 0 Å². The lowest BCUT2D eigenvalue weighted by molar-refractivity contribution is 0.122. The van der Waals surface area contributed by atoms with Crippen LogP contribution in [0, 0.1) is 0 Å². The van der Waals surface area contributed by atoms with Crippen molar-refractivity contribution in [3.8, 4) is 0 Å². The van der Waals surface area contributed by atoms with Crippen LogP contribution in [0.4, 0.5) is 4.39 Å². The van der Waals surface area contributed by atoms with Gasteiger partial charge in [-0.3, -0.25) is 0 Å². The van der Waals surface area contributed by atoms with Crippen molar-refractivity contribution >= 4 is 15.9 Å². The number of nitrogens with one attached hydrogen (secondary N) is 1. The summed E-state index contributed by atoms with van der Waals surface area (Å²) < 4.78 is 15.4. The van der Waals surface area contributed by atoms with Gasteiger partial charge in [0.2, 0.25) is 0 Å². The summed E-state index contributed by atoms with van der Waals surface area (Å²) in [6.45, 7) is 1.43. The van der Waals surface area contributed by atoms with Crippen LogP contribution in [-0.2, 0) is 6.42 Å². The van der Waals surface area contributed by atoms with E-state index in [9.17, 15) is 4.39 Å². The first-order chi connectivity index (χ1) is 7.20. The Morgan fingerprint density at radius 1 is 1.40 bits per heavy atom. The number of piperidine rings is 1. The molecule has 82 valence electrons. The molecule has 1 aromatic carbocycles. The van der Waals surface area contributed by atoms with E-state index in [1.165, 1.54) is 0 Å². The average molecular weight is 272 g/mol. The number of alkyl halides is 1. The van der Waals surface area contributed by atoms with E-state index < -0.39 is 5.67 Å². The van der Waals surface area contributed by atoms with Crippen LogP contribution >= 0.6 is 15.9 Å². The van der Waals surface area contributed by atoms with Gasteiger partial charge in [-0.15, -0.1) is 0 Å². The number of rotatable bonds is 2. The Morgan fingerprint density at radius 2 is 2.20 bits per heavy atom. The lowest BCUT2D eigenvalue weighted by atomic mass is 9.89. The summed E-state index contributed by atoms with van der Waals surface area (Å²) in [5.74, 6) is 0. The topological polar surface area (TPSA) is 12.0 Å². The molecule has 1 N–H and O–H groups in total. The average Bonchev–Trinajstić information content (AvgIpc) is 2.22. The highest BCUT2D eigenvalue weighted by molar-refractivity contribution is 9.10. The number of halogens is 2. The van der Waals surface area contributed by atoms with Gasteiger partial charge in [-0.2, -0.15) is 0 Å². The van der Waals surface area contributed by atoms with E-state index >= 15 is 0 Å². The first-order valence-electron chi connectivity index (χ1n) is 5.33. The van der Waals surface area contributed by atoms with Gasteiger partial charge >= 0.3 is 0 Å². The summed E-state index contributed by atoms with van der Waals surface area (Å²) in [5, 5.41) is 3.12. The SMILES string of the molecule is FC1(Cc2ccccc2Br)CCCNC1. The number of benzene rings is 1. The van der Waals surface area contributed by atoms with Crippen LogP contribution < -0.4 is 5.32 Å². The molecule has 1 fully saturated rings. The molecule has 3 heteroatoms. The third-order valence-electron chi connectivity index (χ3n) is 2.89.